The predicted octanol–water partition coefficient (Wildman–Crippen LogP) is 0.445. The predicted molar refractivity (Wildman–Crippen MR) is 66.9 cm³/mol. The largest absolute Gasteiger partial charge is 0.381 e. The maximum atomic E-state index is 12.0. The Bertz CT molecular complexity index is 314. The molecule has 5 nitrogen and oxygen atoms in total. The van der Waals surface area contributed by atoms with E-state index in [0.717, 1.165) is 26.1 Å². The van der Waals surface area contributed by atoms with Crippen molar-refractivity contribution in [1.82, 2.24) is 10.6 Å². The summed E-state index contributed by atoms with van der Waals surface area (Å²) in [4.78, 5) is 23.0. The summed E-state index contributed by atoms with van der Waals surface area (Å²) in [7, 11) is 0. The Hall–Kier alpha value is -1.10. The fraction of sp³-hybridized carbons (Fsp3) is 0.846. The van der Waals surface area contributed by atoms with Crippen LogP contribution >= 0.6 is 0 Å². The van der Waals surface area contributed by atoms with E-state index in [1.54, 1.807) is 0 Å². The monoisotopic (exact) mass is 254 g/mol. The van der Waals surface area contributed by atoms with E-state index in [1.165, 1.54) is 0 Å². The zero-order chi connectivity index (χ0) is 13.0. The molecule has 2 fully saturated rings. The van der Waals surface area contributed by atoms with Gasteiger partial charge in [-0.3, -0.25) is 9.59 Å². The molecule has 2 saturated heterocycles. The summed E-state index contributed by atoms with van der Waals surface area (Å²) in [6.45, 7) is 4.94. The summed E-state index contributed by atoms with van der Waals surface area (Å²) < 4.78 is 5.34. The standard InChI is InChI=1S/C13H22N2O3/c1-13(4-6-18-7-5-13)9-15-12(17)10-2-3-11(16)14-8-10/h10H,2-9H2,1H3,(H,14,16)(H,15,17). The molecule has 1 unspecified atom stereocenters. The normalized spacial score (nSPS) is 27.4. The SMILES string of the molecule is CC1(CNC(=O)C2CCC(=O)NC2)CCOCC1. The lowest BCUT2D eigenvalue weighted by molar-refractivity contribution is -0.129. The van der Waals surface area contributed by atoms with E-state index in [2.05, 4.69) is 17.6 Å². The number of ether oxygens (including phenoxy) is 1. The van der Waals surface area contributed by atoms with Gasteiger partial charge < -0.3 is 15.4 Å². The summed E-state index contributed by atoms with van der Waals surface area (Å²) in [6.07, 6.45) is 3.12. The molecular formula is C13H22N2O3. The third-order valence-electron chi connectivity index (χ3n) is 4.03. The minimum atomic E-state index is -0.0638. The van der Waals surface area contributed by atoms with Crippen molar-refractivity contribution < 1.29 is 14.3 Å². The number of hydrogen-bond acceptors (Lipinski definition) is 3. The van der Waals surface area contributed by atoms with Gasteiger partial charge in [-0.2, -0.15) is 0 Å². The van der Waals surface area contributed by atoms with Crippen molar-refractivity contribution in [3.05, 3.63) is 0 Å². The fourth-order valence-corrected chi connectivity index (χ4v) is 2.44. The van der Waals surface area contributed by atoms with Gasteiger partial charge in [-0.05, 0) is 24.7 Å². The molecule has 0 spiro atoms. The Labute approximate surface area is 108 Å². The number of nitrogens with one attached hydrogen (secondary N) is 2. The number of piperidine rings is 1. The minimum absolute atomic E-state index is 0.0513. The molecule has 0 aromatic heterocycles. The summed E-state index contributed by atoms with van der Waals surface area (Å²) >= 11 is 0. The lowest BCUT2D eigenvalue weighted by Gasteiger charge is -2.34. The molecule has 1 atom stereocenters. The molecule has 0 bridgehead atoms. The highest BCUT2D eigenvalue weighted by Gasteiger charge is 2.30. The molecule has 0 aromatic rings. The highest BCUT2D eigenvalue weighted by molar-refractivity contribution is 5.83. The Morgan fingerprint density at radius 1 is 1.50 bits per heavy atom. The molecule has 102 valence electrons. The van der Waals surface area contributed by atoms with Crippen molar-refractivity contribution in [3.63, 3.8) is 0 Å². The van der Waals surface area contributed by atoms with Gasteiger partial charge in [0.05, 0.1) is 5.92 Å². The van der Waals surface area contributed by atoms with E-state index < -0.39 is 0 Å². The first-order valence-corrected chi connectivity index (χ1v) is 6.71. The first kappa shape index (κ1) is 13.3. The number of carbonyl (C=O) groups is 2. The number of carbonyl (C=O) groups excluding carboxylic acids is 2. The maximum absolute atomic E-state index is 12.0. The molecule has 2 aliphatic heterocycles. The van der Waals surface area contributed by atoms with E-state index in [-0.39, 0.29) is 23.1 Å². The van der Waals surface area contributed by atoms with Gasteiger partial charge >= 0.3 is 0 Å². The van der Waals surface area contributed by atoms with Gasteiger partial charge in [-0.15, -0.1) is 0 Å². The molecule has 18 heavy (non-hydrogen) atoms. The van der Waals surface area contributed by atoms with Crippen LogP contribution in [0.3, 0.4) is 0 Å². The Kier molecular flexibility index (Phi) is 4.22. The Morgan fingerprint density at radius 2 is 2.22 bits per heavy atom. The quantitative estimate of drug-likeness (QED) is 0.768. The van der Waals surface area contributed by atoms with Crippen molar-refractivity contribution in [1.29, 1.82) is 0 Å². The van der Waals surface area contributed by atoms with Crippen molar-refractivity contribution in [2.75, 3.05) is 26.3 Å². The van der Waals surface area contributed by atoms with Crippen LogP contribution in [0.15, 0.2) is 0 Å². The zero-order valence-corrected chi connectivity index (χ0v) is 11.0. The second-order valence-electron chi connectivity index (χ2n) is 5.68. The van der Waals surface area contributed by atoms with Crippen molar-refractivity contribution in [3.8, 4) is 0 Å². The molecule has 2 rings (SSSR count). The van der Waals surface area contributed by atoms with Crippen LogP contribution in [0.4, 0.5) is 0 Å². The van der Waals surface area contributed by atoms with Crippen molar-refractivity contribution >= 4 is 11.8 Å². The van der Waals surface area contributed by atoms with Crippen LogP contribution in [0.25, 0.3) is 0 Å². The van der Waals surface area contributed by atoms with Gasteiger partial charge in [0.25, 0.3) is 0 Å². The lowest BCUT2D eigenvalue weighted by atomic mass is 9.82. The smallest absolute Gasteiger partial charge is 0.224 e. The molecule has 5 heteroatoms. The van der Waals surface area contributed by atoms with Crippen LogP contribution < -0.4 is 10.6 Å². The van der Waals surface area contributed by atoms with Crippen LogP contribution in [0.1, 0.15) is 32.6 Å². The summed E-state index contributed by atoms with van der Waals surface area (Å²) in [5.74, 6) is 0.0595. The van der Waals surface area contributed by atoms with E-state index >= 15 is 0 Å². The summed E-state index contributed by atoms with van der Waals surface area (Å²) in [5, 5.41) is 5.77. The van der Waals surface area contributed by atoms with Crippen molar-refractivity contribution in [2.24, 2.45) is 11.3 Å². The number of amides is 2. The maximum Gasteiger partial charge on any atom is 0.224 e. The fourth-order valence-electron chi connectivity index (χ4n) is 2.44. The lowest BCUT2D eigenvalue weighted by Crippen LogP contribution is -2.46. The molecular weight excluding hydrogens is 232 g/mol. The van der Waals surface area contributed by atoms with E-state index in [1.807, 2.05) is 0 Å². The van der Waals surface area contributed by atoms with Crippen molar-refractivity contribution in [2.45, 2.75) is 32.6 Å². The second-order valence-corrected chi connectivity index (χ2v) is 5.68. The van der Waals surface area contributed by atoms with Crippen LogP contribution in [0.5, 0.6) is 0 Å². The van der Waals surface area contributed by atoms with E-state index in [0.29, 0.717) is 25.9 Å². The van der Waals surface area contributed by atoms with Gasteiger partial charge in [0.15, 0.2) is 0 Å². The van der Waals surface area contributed by atoms with Crippen LogP contribution in [0.2, 0.25) is 0 Å². The molecule has 2 heterocycles. The highest BCUT2D eigenvalue weighted by atomic mass is 16.5. The molecule has 0 radical (unpaired) electrons. The first-order valence-electron chi connectivity index (χ1n) is 6.71. The topological polar surface area (TPSA) is 67.4 Å². The Balaban J connectivity index is 1.75. The van der Waals surface area contributed by atoms with Gasteiger partial charge in [0, 0.05) is 32.7 Å². The van der Waals surface area contributed by atoms with Crippen LogP contribution in [-0.4, -0.2) is 38.1 Å². The summed E-state index contributed by atoms with van der Waals surface area (Å²) in [6, 6.07) is 0. The van der Waals surface area contributed by atoms with Crippen LogP contribution in [-0.2, 0) is 14.3 Å². The van der Waals surface area contributed by atoms with Crippen LogP contribution in [0, 0.1) is 11.3 Å². The van der Waals surface area contributed by atoms with Gasteiger partial charge in [0.1, 0.15) is 0 Å². The molecule has 0 aromatic carbocycles. The third kappa shape index (κ3) is 3.45. The van der Waals surface area contributed by atoms with E-state index in [9.17, 15) is 9.59 Å². The van der Waals surface area contributed by atoms with Gasteiger partial charge in [0.2, 0.25) is 11.8 Å². The zero-order valence-electron chi connectivity index (χ0n) is 11.0. The van der Waals surface area contributed by atoms with E-state index in [4.69, 9.17) is 4.74 Å². The highest BCUT2D eigenvalue weighted by Crippen LogP contribution is 2.28. The summed E-state index contributed by atoms with van der Waals surface area (Å²) in [5.41, 5.74) is 0.159. The molecule has 2 N–H and O–H groups in total. The molecule has 2 amide bonds. The number of rotatable bonds is 3. The second kappa shape index (κ2) is 5.69. The minimum Gasteiger partial charge on any atom is -0.381 e. The van der Waals surface area contributed by atoms with Gasteiger partial charge in [-0.25, -0.2) is 0 Å². The van der Waals surface area contributed by atoms with Gasteiger partial charge in [-0.1, -0.05) is 6.92 Å². The number of hydrogen-bond donors (Lipinski definition) is 2. The molecule has 0 saturated carbocycles. The molecule has 0 aliphatic carbocycles. The first-order chi connectivity index (χ1) is 8.59. The third-order valence-corrected chi connectivity index (χ3v) is 4.03. The average molecular weight is 254 g/mol. The Morgan fingerprint density at radius 3 is 2.83 bits per heavy atom. The molecule has 2 aliphatic rings. The average Bonchev–Trinajstić information content (AvgIpc) is 2.38.